The topological polar surface area (TPSA) is 59.2 Å². The third-order valence-electron chi connectivity index (χ3n) is 2.59. The maximum Gasteiger partial charge on any atom is 0.258 e. The van der Waals surface area contributed by atoms with Crippen LogP contribution in [0.2, 0.25) is 0 Å². The number of aromatic nitrogens is 1. The van der Waals surface area contributed by atoms with Crippen LogP contribution in [0.25, 0.3) is 0 Å². The number of halogens is 1. The second-order valence-corrected chi connectivity index (χ2v) is 4.72. The molecule has 2 rings (SSSR count). The van der Waals surface area contributed by atoms with Crippen molar-refractivity contribution < 1.29 is 4.79 Å². The molecule has 0 fully saturated rings. The maximum absolute atomic E-state index is 12.2. The third kappa shape index (κ3) is 2.51. The van der Waals surface area contributed by atoms with Gasteiger partial charge in [-0.25, -0.2) is 0 Å². The summed E-state index contributed by atoms with van der Waals surface area (Å²) in [6.07, 6.45) is 3.14. The Morgan fingerprint density at radius 1 is 1.28 bits per heavy atom. The van der Waals surface area contributed by atoms with Gasteiger partial charge in [-0.1, -0.05) is 15.9 Å². The van der Waals surface area contributed by atoms with E-state index in [-0.39, 0.29) is 5.91 Å². The number of nitrogen functional groups attached to an aromatic ring is 1. The minimum Gasteiger partial charge on any atom is -0.396 e. The average molecular weight is 306 g/mol. The molecule has 1 heterocycles. The van der Waals surface area contributed by atoms with Crippen molar-refractivity contribution in [2.24, 2.45) is 0 Å². The molecule has 1 amide bonds. The molecule has 0 bridgehead atoms. The number of amides is 1. The van der Waals surface area contributed by atoms with Crippen LogP contribution in [0.4, 0.5) is 11.4 Å². The summed E-state index contributed by atoms with van der Waals surface area (Å²) in [6, 6.07) is 8.90. The Bertz CT molecular complexity index is 569. The lowest BCUT2D eigenvalue weighted by atomic mass is 10.2. The van der Waals surface area contributed by atoms with Gasteiger partial charge in [0.05, 0.1) is 17.6 Å². The van der Waals surface area contributed by atoms with E-state index in [1.54, 1.807) is 31.4 Å². The highest BCUT2D eigenvalue weighted by Gasteiger charge is 2.15. The van der Waals surface area contributed by atoms with Gasteiger partial charge >= 0.3 is 0 Å². The first-order chi connectivity index (χ1) is 8.59. The molecule has 5 heteroatoms. The number of rotatable bonds is 2. The predicted molar refractivity (Wildman–Crippen MR) is 75.5 cm³/mol. The molecule has 1 aromatic carbocycles. The van der Waals surface area contributed by atoms with Crippen LogP contribution in [0, 0.1) is 0 Å². The largest absolute Gasteiger partial charge is 0.396 e. The van der Waals surface area contributed by atoms with Crippen LogP contribution in [0.5, 0.6) is 0 Å². The molecule has 0 saturated carbocycles. The fourth-order valence-corrected chi connectivity index (χ4v) is 1.86. The van der Waals surface area contributed by atoms with Crippen molar-refractivity contribution in [3.63, 3.8) is 0 Å². The number of hydrogen-bond donors (Lipinski definition) is 1. The highest BCUT2D eigenvalue weighted by Crippen LogP contribution is 2.22. The summed E-state index contributed by atoms with van der Waals surface area (Å²) in [5, 5.41) is 0. The van der Waals surface area contributed by atoms with Gasteiger partial charge in [0.2, 0.25) is 0 Å². The summed E-state index contributed by atoms with van der Waals surface area (Å²) in [5.74, 6) is -0.111. The van der Waals surface area contributed by atoms with Gasteiger partial charge in [-0.05, 0) is 30.3 Å². The molecule has 1 aromatic heterocycles. The van der Waals surface area contributed by atoms with E-state index in [4.69, 9.17) is 5.73 Å². The average Bonchev–Trinajstić information content (AvgIpc) is 2.38. The fraction of sp³-hybridized carbons (Fsp3) is 0.0769. The quantitative estimate of drug-likeness (QED) is 0.928. The van der Waals surface area contributed by atoms with Crippen molar-refractivity contribution in [1.82, 2.24) is 4.98 Å². The minimum absolute atomic E-state index is 0.111. The summed E-state index contributed by atoms with van der Waals surface area (Å²) < 4.78 is 0.935. The highest BCUT2D eigenvalue weighted by atomic mass is 79.9. The first-order valence-corrected chi connectivity index (χ1v) is 6.12. The number of benzene rings is 1. The Morgan fingerprint density at radius 3 is 2.56 bits per heavy atom. The normalized spacial score (nSPS) is 10.1. The Kier molecular flexibility index (Phi) is 3.62. The summed E-state index contributed by atoms with van der Waals surface area (Å²) in [6.45, 7) is 0. The number of anilines is 2. The SMILES string of the molecule is CN(C(=O)c1ccc(Br)cc1)c1ccncc1N. The van der Waals surface area contributed by atoms with Crippen LogP contribution in [-0.2, 0) is 0 Å². The number of nitrogens with zero attached hydrogens (tertiary/aromatic N) is 2. The Hall–Kier alpha value is -1.88. The zero-order chi connectivity index (χ0) is 13.1. The summed E-state index contributed by atoms with van der Waals surface area (Å²) in [4.78, 5) is 17.7. The molecule has 2 N–H and O–H groups in total. The number of carbonyl (C=O) groups excluding carboxylic acids is 1. The van der Waals surface area contributed by atoms with Crippen LogP contribution in [0.15, 0.2) is 47.2 Å². The van der Waals surface area contributed by atoms with Crippen molar-refractivity contribution in [3.05, 3.63) is 52.8 Å². The van der Waals surface area contributed by atoms with E-state index in [2.05, 4.69) is 20.9 Å². The fourth-order valence-electron chi connectivity index (χ4n) is 1.60. The summed E-state index contributed by atoms with van der Waals surface area (Å²) in [7, 11) is 1.69. The van der Waals surface area contributed by atoms with Gasteiger partial charge in [0.15, 0.2) is 0 Å². The Morgan fingerprint density at radius 2 is 1.94 bits per heavy atom. The van der Waals surface area contributed by atoms with Gasteiger partial charge in [0.25, 0.3) is 5.91 Å². The summed E-state index contributed by atoms with van der Waals surface area (Å²) in [5.41, 5.74) is 7.53. The lowest BCUT2D eigenvalue weighted by molar-refractivity contribution is 0.0993. The first kappa shape index (κ1) is 12.6. The number of pyridine rings is 1. The molecule has 0 unspecified atom stereocenters. The van der Waals surface area contributed by atoms with E-state index in [9.17, 15) is 4.79 Å². The zero-order valence-electron chi connectivity index (χ0n) is 9.80. The monoisotopic (exact) mass is 305 g/mol. The molecule has 0 aliphatic heterocycles. The molecule has 4 nitrogen and oxygen atoms in total. The molecule has 0 aliphatic rings. The third-order valence-corrected chi connectivity index (χ3v) is 3.11. The second-order valence-electron chi connectivity index (χ2n) is 3.81. The van der Waals surface area contributed by atoms with Crippen molar-refractivity contribution in [2.75, 3.05) is 17.7 Å². The number of nitrogens with two attached hydrogens (primary N) is 1. The van der Waals surface area contributed by atoms with E-state index in [1.807, 2.05) is 12.1 Å². The number of carbonyl (C=O) groups is 1. The smallest absolute Gasteiger partial charge is 0.258 e. The molecule has 0 saturated heterocycles. The first-order valence-electron chi connectivity index (χ1n) is 5.32. The molecule has 18 heavy (non-hydrogen) atoms. The van der Waals surface area contributed by atoms with Crippen molar-refractivity contribution >= 4 is 33.2 Å². The lowest BCUT2D eigenvalue weighted by Gasteiger charge is -2.18. The van der Waals surface area contributed by atoms with Gasteiger partial charge in [-0.15, -0.1) is 0 Å². The van der Waals surface area contributed by atoms with E-state index >= 15 is 0 Å². The van der Waals surface area contributed by atoms with Gasteiger partial charge in [0, 0.05) is 23.3 Å². The van der Waals surface area contributed by atoms with E-state index in [1.165, 1.54) is 11.1 Å². The molecule has 0 atom stereocenters. The van der Waals surface area contributed by atoms with Crippen molar-refractivity contribution in [1.29, 1.82) is 0 Å². The van der Waals surface area contributed by atoms with Crippen LogP contribution >= 0.6 is 15.9 Å². The standard InChI is InChI=1S/C13H12BrN3O/c1-17(12-6-7-16-8-11(12)15)13(18)9-2-4-10(14)5-3-9/h2-8H,15H2,1H3. The molecule has 0 radical (unpaired) electrons. The van der Waals surface area contributed by atoms with E-state index < -0.39 is 0 Å². The van der Waals surface area contributed by atoms with Gasteiger partial charge < -0.3 is 10.6 Å². The zero-order valence-corrected chi connectivity index (χ0v) is 11.4. The molecule has 0 spiro atoms. The molecule has 92 valence electrons. The molecular weight excluding hydrogens is 294 g/mol. The van der Waals surface area contributed by atoms with Crippen LogP contribution in [0.3, 0.4) is 0 Å². The maximum atomic E-state index is 12.2. The van der Waals surface area contributed by atoms with Crippen molar-refractivity contribution in [3.8, 4) is 0 Å². The molecule has 2 aromatic rings. The van der Waals surface area contributed by atoms with Gasteiger partial charge in [0.1, 0.15) is 0 Å². The highest BCUT2D eigenvalue weighted by molar-refractivity contribution is 9.10. The van der Waals surface area contributed by atoms with E-state index in [0.29, 0.717) is 16.9 Å². The minimum atomic E-state index is -0.111. The van der Waals surface area contributed by atoms with Crippen molar-refractivity contribution in [2.45, 2.75) is 0 Å². The number of hydrogen-bond acceptors (Lipinski definition) is 3. The van der Waals surface area contributed by atoms with Crippen LogP contribution in [0.1, 0.15) is 10.4 Å². The molecule has 0 aliphatic carbocycles. The van der Waals surface area contributed by atoms with Crippen LogP contribution in [-0.4, -0.2) is 17.9 Å². The van der Waals surface area contributed by atoms with Gasteiger partial charge in [-0.3, -0.25) is 9.78 Å². The van der Waals surface area contributed by atoms with Gasteiger partial charge in [-0.2, -0.15) is 0 Å². The molecular formula is C13H12BrN3O. The Labute approximate surface area is 114 Å². The lowest BCUT2D eigenvalue weighted by Crippen LogP contribution is -2.27. The van der Waals surface area contributed by atoms with Crippen LogP contribution < -0.4 is 10.6 Å². The second kappa shape index (κ2) is 5.18. The summed E-state index contributed by atoms with van der Waals surface area (Å²) >= 11 is 3.33. The van der Waals surface area contributed by atoms with E-state index in [0.717, 1.165) is 4.47 Å². The predicted octanol–water partition coefficient (Wildman–Crippen LogP) is 2.70. The Balaban J connectivity index is 2.29.